The molecule has 222 valence electrons. The minimum atomic E-state index is -0.601. The zero-order valence-electron chi connectivity index (χ0n) is 24.3. The summed E-state index contributed by atoms with van der Waals surface area (Å²) < 4.78 is 11.4. The van der Waals surface area contributed by atoms with Gasteiger partial charge in [0.15, 0.2) is 0 Å². The maximum absolute atomic E-state index is 13.6. The average Bonchev–Trinajstić information content (AvgIpc) is 3.33. The predicted molar refractivity (Wildman–Crippen MR) is 165 cm³/mol. The molecule has 0 spiro atoms. The number of nitrogens with one attached hydrogen (secondary N) is 2. The highest BCUT2D eigenvalue weighted by Crippen LogP contribution is 2.46. The normalized spacial score (nSPS) is 16.6. The third kappa shape index (κ3) is 5.82. The van der Waals surface area contributed by atoms with Crippen molar-refractivity contribution in [1.82, 2.24) is 20.2 Å². The highest BCUT2D eigenvalue weighted by molar-refractivity contribution is 7.21. The summed E-state index contributed by atoms with van der Waals surface area (Å²) in [7, 11) is 0. The van der Waals surface area contributed by atoms with Crippen molar-refractivity contribution in [2.24, 2.45) is 0 Å². The Labute approximate surface area is 252 Å². The van der Waals surface area contributed by atoms with Crippen molar-refractivity contribution in [3.8, 4) is 11.5 Å². The summed E-state index contributed by atoms with van der Waals surface area (Å²) in [5.74, 6) is 1.35. The Hall–Kier alpha value is -4.71. The molecule has 1 saturated heterocycles. The molecule has 0 bridgehead atoms. The van der Waals surface area contributed by atoms with Crippen molar-refractivity contribution in [1.29, 1.82) is 0 Å². The van der Waals surface area contributed by atoms with Crippen molar-refractivity contribution in [3.05, 3.63) is 65.3 Å². The number of piperidine rings is 1. The van der Waals surface area contributed by atoms with Crippen LogP contribution in [0.1, 0.15) is 48.8 Å². The summed E-state index contributed by atoms with van der Waals surface area (Å²) in [6.07, 6.45) is 4.26. The number of hydrogen-bond acceptors (Lipinski definition) is 8. The summed E-state index contributed by atoms with van der Waals surface area (Å²) in [5.41, 5.74) is 1.14. The number of amides is 4. The number of carbonyl (C=O) groups excluding carboxylic acids is 3. The monoisotopic (exact) mass is 600 g/mol. The van der Waals surface area contributed by atoms with E-state index in [1.165, 1.54) is 16.2 Å². The van der Waals surface area contributed by atoms with Crippen LogP contribution in [0, 0.1) is 6.92 Å². The number of likely N-dealkylation sites (tertiary alicyclic amines) is 1. The summed E-state index contributed by atoms with van der Waals surface area (Å²) in [5, 5.41) is 6.64. The molecule has 1 atom stereocenters. The largest absolute Gasteiger partial charge is 0.456 e. The number of aryl methyl sites for hydroxylation is 1. The molecule has 12 heteroatoms. The van der Waals surface area contributed by atoms with E-state index in [1.54, 1.807) is 23.4 Å². The molecule has 0 aliphatic carbocycles. The van der Waals surface area contributed by atoms with E-state index in [0.717, 1.165) is 18.4 Å². The smallest absolute Gasteiger partial charge is 0.410 e. The molecule has 1 fully saturated rings. The second-order valence-corrected chi connectivity index (χ2v) is 12.5. The molecule has 2 aliphatic heterocycles. The van der Waals surface area contributed by atoms with Crippen molar-refractivity contribution in [2.75, 3.05) is 23.3 Å². The number of nitrogens with zero attached hydrogens (tertiary/aromatic N) is 4. The fraction of sp³-hybridized carbons (Fsp3) is 0.323. The van der Waals surface area contributed by atoms with E-state index in [9.17, 15) is 14.4 Å². The van der Waals surface area contributed by atoms with E-state index in [0.29, 0.717) is 56.9 Å². The maximum Gasteiger partial charge on any atom is 0.410 e. The molecule has 5 heterocycles. The molecular formula is C31H32N6O5S. The van der Waals surface area contributed by atoms with Gasteiger partial charge in [-0.25, -0.2) is 24.5 Å². The number of hydrogen-bond donors (Lipinski definition) is 2. The Morgan fingerprint density at radius 3 is 2.65 bits per heavy atom. The van der Waals surface area contributed by atoms with Gasteiger partial charge in [-0.05, 0) is 70.4 Å². The number of thiophene rings is 1. The SMILES string of the molecule is Cc1cc(Oc2ccccc2)cnc1N1C(=O)Nc2c(C(=O)N[C@@H]3CCCN(C(=O)OC(C)(C)C)C3)sc3nccc1c23. The van der Waals surface area contributed by atoms with Gasteiger partial charge in [0, 0.05) is 25.3 Å². The molecular weight excluding hydrogens is 568 g/mol. The molecule has 4 aromatic rings. The number of pyridine rings is 2. The minimum absolute atomic E-state index is 0.252. The number of benzene rings is 1. The molecule has 3 aromatic heterocycles. The maximum atomic E-state index is 13.6. The number of rotatable bonds is 5. The number of ether oxygens (including phenoxy) is 2. The molecule has 0 radical (unpaired) electrons. The lowest BCUT2D eigenvalue weighted by atomic mass is 10.1. The predicted octanol–water partition coefficient (Wildman–Crippen LogP) is 6.60. The van der Waals surface area contributed by atoms with E-state index < -0.39 is 17.7 Å². The van der Waals surface area contributed by atoms with Gasteiger partial charge in [0.05, 0.1) is 23.0 Å². The number of anilines is 3. The van der Waals surface area contributed by atoms with E-state index in [1.807, 2.05) is 64.1 Å². The van der Waals surface area contributed by atoms with Gasteiger partial charge in [-0.3, -0.25) is 4.79 Å². The van der Waals surface area contributed by atoms with Crippen LogP contribution in [-0.2, 0) is 4.74 Å². The van der Waals surface area contributed by atoms with Crippen LogP contribution in [0.4, 0.5) is 26.8 Å². The lowest BCUT2D eigenvalue weighted by molar-refractivity contribution is 0.0185. The third-order valence-electron chi connectivity index (χ3n) is 7.08. The Morgan fingerprint density at radius 1 is 1.12 bits per heavy atom. The minimum Gasteiger partial charge on any atom is -0.456 e. The van der Waals surface area contributed by atoms with E-state index in [2.05, 4.69) is 20.6 Å². The lowest BCUT2D eigenvalue weighted by Gasteiger charge is -2.34. The molecule has 4 amide bonds. The fourth-order valence-electron chi connectivity index (χ4n) is 5.25. The molecule has 2 aliphatic rings. The van der Waals surface area contributed by atoms with Crippen LogP contribution >= 0.6 is 11.3 Å². The molecule has 11 nitrogen and oxygen atoms in total. The van der Waals surface area contributed by atoms with Gasteiger partial charge >= 0.3 is 12.1 Å². The van der Waals surface area contributed by atoms with Crippen molar-refractivity contribution in [3.63, 3.8) is 0 Å². The van der Waals surface area contributed by atoms with Crippen molar-refractivity contribution >= 4 is 56.8 Å². The van der Waals surface area contributed by atoms with Crippen molar-refractivity contribution < 1.29 is 23.9 Å². The second-order valence-electron chi connectivity index (χ2n) is 11.5. The molecule has 43 heavy (non-hydrogen) atoms. The van der Waals surface area contributed by atoms with Gasteiger partial charge in [-0.15, -0.1) is 11.3 Å². The van der Waals surface area contributed by atoms with E-state index in [-0.39, 0.29) is 11.9 Å². The molecule has 0 saturated carbocycles. The van der Waals surface area contributed by atoms with Gasteiger partial charge in [-0.1, -0.05) is 18.2 Å². The van der Waals surface area contributed by atoms with Crippen LogP contribution in [0.25, 0.3) is 10.2 Å². The summed E-state index contributed by atoms with van der Waals surface area (Å²) >= 11 is 1.21. The van der Waals surface area contributed by atoms with Crippen LogP contribution in [0.5, 0.6) is 11.5 Å². The summed E-state index contributed by atoms with van der Waals surface area (Å²) in [4.78, 5) is 52.9. The summed E-state index contributed by atoms with van der Waals surface area (Å²) in [6.45, 7) is 8.25. The van der Waals surface area contributed by atoms with Gasteiger partial charge in [0.2, 0.25) is 0 Å². The van der Waals surface area contributed by atoms with Gasteiger partial charge < -0.3 is 25.0 Å². The first-order valence-electron chi connectivity index (χ1n) is 14.1. The Balaban J connectivity index is 1.25. The van der Waals surface area contributed by atoms with Gasteiger partial charge in [0.25, 0.3) is 5.91 Å². The van der Waals surface area contributed by atoms with Gasteiger partial charge in [-0.2, -0.15) is 0 Å². The molecule has 1 aromatic carbocycles. The first kappa shape index (κ1) is 28.4. The van der Waals surface area contributed by atoms with Gasteiger partial charge in [0.1, 0.15) is 32.6 Å². The molecule has 2 N–H and O–H groups in total. The van der Waals surface area contributed by atoms with E-state index >= 15 is 0 Å². The first-order valence-corrected chi connectivity index (χ1v) is 14.9. The fourth-order valence-corrected chi connectivity index (χ4v) is 6.27. The highest BCUT2D eigenvalue weighted by Gasteiger charge is 2.35. The number of aromatic nitrogens is 2. The van der Waals surface area contributed by atoms with Crippen LogP contribution in [0.15, 0.2) is 54.9 Å². The second kappa shape index (κ2) is 11.2. The van der Waals surface area contributed by atoms with Crippen molar-refractivity contribution in [2.45, 2.75) is 52.2 Å². The Morgan fingerprint density at radius 2 is 1.91 bits per heavy atom. The topological polar surface area (TPSA) is 126 Å². The third-order valence-corrected chi connectivity index (χ3v) is 8.17. The van der Waals surface area contributed by atoms with Crippen LogP contribution < -0.4 is 20.3 Å². The van der Waals surface area contributed by atoms with Crippen LogP contribution in [-0.4, -0.2) is 57.6 Å². The zero-order valence-corrected chi connectivity index (χ0v) is 25.2. The number of carbonyl (C=O) groups is 3. The number of urea groups is 1. The first-order chi connectivity index (χ1) is 20.6. The molecule has 0 unspecified atom stereocenters. The number of para-hydroxylation sites is 1. The summed E-state index contributed by atoms with van der Waals surface area (Å²) in [6, 6.07) is 12.3. The zero-order chi connectivity index (χ0) is 30.3. The lowest BCUT2D eigenvalue weighted by Crippen LogP contribution is -2.50. The molecule has 6 rings (SSSR count). The Kier molecular flexibility index (Phi) is 7.38. The average molecular weight is 601 g/mol. The highest BCUT2D eigenvalue weighted by atomic mass is 32.1. The Bertz CT molecular complexity index is 1720. The van der Waals surface area contributed by atoms with Crippen LogP contribution in [0.3, 0.4) is 0 Å². The van der Waals surface area contributed by atoms with E-state index in [4.69, 9.17) is 9.47 Å². The van der Waals surface area contributed by atoms with Crippen LogP contribution in [0.2, 0.25) is 0 Å². The quantitative estimate of drug-likeness (QED) is 0.264. The standard InChI is InChI=1S/C31H32N6O5S/c1-18-15-21(41-20-10-6-5-7-11-20)16-33-26(18)37-22-12-13-32-28-23(22)24(35-29(37)39)25(43-28)27(38)34-19-9-8-14-36(17-19)30(40)42-31(2,3)4/h5-7,10-13,15-16,19H,8-9,14,17H2,1-4H3,(H,34,38)(H,35,39)/t19-/m1/s1.